The number of carboxylic acid groups (broad SMARTS) is 2. The molecule has 0 fully saturated rings. The van der Waals surface area contributed by atoms with Crippen LogP contribution < -0.4 is 5.32 Å². The van der Waals surface area contributed by atoms with Crippen molar-refractivity contribution in [3.63, 3.8) is 0 Å². The van der Waals surface area contributed by atoms with Crippen LogP contribution in [-0.4, -0.2) is 110 Å². The SMILES string of the molecule is CC1=NCC(C)O1.CC1=NCCN1.Cc1ccco1.Cc1nnco1.Cc1nnnn1-c1cc(C(=O)O)cc(C(=O)O)c1.Cc1nnnn1-c1ccccc1. The Labute approximate surface area is 316 Å². The van der Waals surface area contributed by atoms with Crippen LogP contribution >= 0.6 is 0 Å². The molecule has 8 rings (SSSR count). The number of para-hydroxylation sites is 1. The van der Waals surface area contributed by atoms with E-state index in [1.807, 2.05) is 77.1 Å². The Morgan fingerprint density at radius 1 is 0.764 bits per heavy atom. The second-order valence-corrected chi connectivity index (χ2v) is 11.4. The number of carboxylic acids is 2. The standard InChI is InChI=1S/C10H8N4O4.C8H8N4.C5H9NO.C5H6O.C4H8N2.C3H4N2O/c1-5-11-12-13-14(5)8-3-6(9(15)16)2-7(4-8)10(17)18;1-7-9-10-11-12(7)8-5-3-2-4-6-8;1-4-3-6-5(2)7-4;1-5-3-2-4-6-5;1-4-5-2-3-6-4;1-3-5-4-2-6-3/h2-4H,1H3,(H,15,16)(H,17,18);2-6H,1H3;4H,3H2,1-2H3;2-4H,1H3;2-3H2,1H3,(H,5,6);2H,1H3. The number of tetrazole rings is 2. The number of aryl methyl sites for hydroxylation is 4. The molecule has 20 heteroatoms. The number of ether oxygens (including phenoxy) is 1. The second kappa shape index (κ2) is 22.1. The number of aromatic nitrogens is 10. The van der Waals surface area contributed by atoms with Gasteiger partial charge < -0.3 is 29.1 Å². The maximum Gasteiger partial charge on any atom is 0.335 e. The van der Waals surface area contributed by atoms with Gasteiger partial charge in [0.05, 0.1) is 47.7 Å². The van der Waals surface area contributed by atoms with Crippen LogP contribution in [0.5, 0.6) is 0 Å². The zero-order valence-electron chi connectivity index (χ0n) is 31.4. The van der Waals surface area contributed by atoms with Gasteiger partial charge in [0.25, 0.3) is 0 Å². The van der Waals surface area contributed by atoms with E-state index < -0.39 is 11.9 Å². The van der Waals surface area contributed by atoms with Gasteiger partial charge in [-0.3, -0.25) is 9.98 Å². The first-order valence-electron chi connectivity index (χ1n) is 16.7. The van der Waals surface area contributed by atoms with E-state index in [0.717, 1.165) is 54.7 Å². The van der Waals surface area contributed by atoms with Crippen molar-refractivity contribution in [2.75, 3.05) is 19.6 Å². The van der Waals surface area contributed by atoms with E-state index in [-0.39, 0.29) is 16.8 Å². The van der Waals surface area contributed by atoms with Gasteiger partial charge >= 0.3 is 11.9 Å². The summed E-state index contributed by atoms with van der Waals surface area (Å²) in [6.07, 6.45) is 3.28. The van der Waals surface area contributed by atoms with Crippen LogP contribution in [0.1, 0.15) is 64.8 Å². The topological polar surface area (TPSA) is 260 Å². The third-order valence-corrected chi connectivity index (χ3v) is 6.82. The largest absolute Gasteiger partial charge is 0.478 e. The van der Waals surface area contributed by atoms with Crippen LogP contribution in [0.4, 0.5) is 0 Å². The van der Waals surface area contributed by atoms with E-state index in [0.29, 0.717) is 17.8 Å². The van der Waals surface area contributed by atoms with E-state index in [1.54, 1.807) is 24.8 Å². The van der Waals surface area contributed by atoms with Gasteiger partial charge in [-0.1, -0.05) is 18.2 Å². The summed E-state index contributed by atoms with van der Waals surface area (Å²) in [6.45, 7) is 15.9. The minimum atomic E-state index is -1.22. The maximum absolute atomic E-state index is 10.9. The Balaban J connectivity index is 0.000000189. The van der Waals surface area contributed by atoms with Gasteiger partial charge in [0.1, 0.15) is 11.9 Å². The summed E-state index contributed by atoms with van der Waals surface area (Å²) in [5.41, 5.74) is 0.995. The molecule has 0 saturated heterocycles. The number of carbonyl (C=O) groups is 2. The highest BCUT2D eigenvalue weighted by atomic mass is 16.5. The minimum absolute atomic E-state index is 0.139. The lowest BCUT2D eigenvalue weighted by molar-refractivity contribution is 0.0696. The molecule has 2 aliphatic heterocycles. The van der Waals surface area contributed by atoms with Crippen molar-refractivity contribution in [2.24, 2.45) is 9.98 Å². The molecule has 0 saturated carbocycles. The van der Waals surface area contributed by atoms with E-state index in [9.17, 15) is 9.59 Å². The fourth-order valence-electron chi connectivity index (χ4n) is 4.22. The summed E-state index contributed by atoms with van der Waals surface area (Å²) < 4.78 is 17.5. The number of amidine groups is 1. The van der Waals surface area contributed by atoms with Gasteiger partial charge in [-0.25, -0.2) is 9.59 Å². The van der Waals surface area contributed by atoms with Crippen LogP contribution in [0.2, 0.25) is 0 Å². The molecule has 2 aromatic carbocycles. The van der Waals surface area contributed by atoms with Crippen molar-refractivity contribution in [1.82, 2.24) is 55.9 Å². The fraction of sp³-hybridized carbons (Fsp3) is 0.314. The highest BCUT2D eigenvalue weighted by Crippen LogP contribution is 2.15. The monoisotopic (exact) mass is 757 g/mol. The molecular formula is C35H43N13O7. The average molecular weight is 758 g/mol. The van der Waals surface area contributed by atoms with E-state index in [1.165, 1.54) is 23.2 Å². The van der Waals surface area contributed by atoms with Gasteiger partial charge in [0.2, 0.25) is 12.3 Å². The minimum Gasteiger partial charge on any atom is -0.478 e. The molecular weight excluding hydrogens is 714 g/mol. The lowest BCUT2D eigenvalue weighted by Crippen LogP contribution is -2.13. The number of hydrogen-bond acceptors (Lipinski definition) is 16. The molecule has 0 aliphatic carbocycles. The van der Waals surface area contributed by atoms with Crippen molar-refractivity contribution in [2.45, 2.75) is 54.6 Å². The van der Waals surface area contributed by atoms with Gasteiger partial charge in [0.15, 0.2) is 17.5 Å². The van der Waals surface area contributed by atoms with E-state index in [4.69, 9.17) is 19.4 Å². The first-order valence-corrected chi connectivity index (χ1v) is 16.7. The van der Waals surface area contributed by atoms with Gasteiger partial charge in [-0.2, -0.15) is 9.36 Å². The van der Waals surface area contributed by atoms with Crippen LogP contribution in [-0.2, 0) is 4.74 Å². The van der Waals surface area contributed by atoms with Crippen LogP contribution in [0.15, 0.2) is 92.1 Å². The fourth-order valence-corrected chi connectivity index (χ4v) is 4.22. The quantitative estimate of drug-likeness (QED) is 0.228. The normalized spacial score (nSPS) is 13.4. The van der Waals surface area contributed by atoms with E-state index in [2.05, 4.69) is 61.0 Å². The Hall–Kier alpha value is -7.12. The predicted molar refractivity (Wildman–Crippen MR) is 199 cm³/mol. The summed E-state index contributed by atoms with van der Waals surface area (Å²) in [4.78, 5) is 29.9. The second-order valence-electron chi connectivity index (χ2n) is 11.4. The molecule has 0 amide bonds. The lowest BCUT2D eigenvalue weighted by atomic mass is 10.1. The van der Waals surface area contributed by atoms with Crippen molar-refractivity contribution in [1.29, 1.82) is 0 Å². The smallest absolute Gasteiger partial charge is 0.335 e. The van der Waals surface area contributed by atoms with Crippen LogP contribution in [0.3, 0.4) is 0 Å². The predicted octanol–water partition coefficient (Wildman–Crippen LogP) is 4.14. The molecule has 20 nitrogen and oxygen atoms in total. The first kappa shape index (κ1) is 42.3. The van der Waals surface area contributed by atoms with Crippen molar-refractivity contribution < 1.29 is 33.4 Å². The Kier molecular flexibility index (Phi) is 17.0. The molecule has 2 aliphatic rings. The van der Waals surface area contributed by atoms with Gasteiger partial charge in [-0.05, 0) is 97.9 Å². The average Bonchev–Trinajstić information content (AvgIpc) is 4.03. The number of aliphatic imine (C=N–C) groups is 2. The summed E-state index contributed by atoms with van der Waals surface area (Å²) >= 11 is 0. The highest BCUT2D eigenvalue weighted by molar-refractivity contribution is 5.94. The molecule has 0 radical (unpaired) electrons. The number of benzene rings is 2. The highest BCUT2D eigenvalue weighted by Gasteiger charge is 2.14. The number of rotatable bonds is 4. The zero-order valence-corrected chi connectivity index (χ0v) is 31.4. The number of hydrogen-bond donors (Lipinski definition) is 3. The molecule has 0 bridgehead atoms. The third-order valence-electron chi connectivity index (χ3n) is 6.82. The Morgan fingerprint density at radius 2 is 1.38 bits per heavy atom. The maximum atomic E-state index is 10.9. The number of nitrogens with zero attached hydrogens (tertiary/aromatic N) is 12. The number of nitrogens with one attached hydrogen (secondary N) is 1. The molecule has 6 aromatic rings. The van der Waals surface area contributed by atoms with Gasteiger partial charge in [0, 0.05) is 20.4 Å². The van der Waals surface area contributed by atoms with Crippen LogP contribution in [0.25, 0.3) is 11.4 Å². The van der Waals surface area contributed by atoms with Crippen molar-refractivity contribution in [3.8, 4) is 11.4 Å². The summed E-state index contributed by atoms with van der Waals surface area (Å²) in [7, 11) is 0. The molecule has 4 aromatic heterocycles. The molecule has 3 N–H and O–H groups in total. The third kappa shape index (κ3) is 15.2. The number of aromatic carboxylic acids is 2. The first-order chi connectivity index (χ1) is 26.3. The van der Waals surface area contributed by atoms with E-state index >= 15 is 0 Å². The summed E-state index contributed by atoms with van der Waals surface area (Å²) in [6, 6.07) is 17.3. The zero-order chi connectivity index (χ0) is 40.2. The molecule has 1 atom stereocenters. The Morgan fingerprint density at radius 3 is 1.67 bits per heavy atom. The lowest BCUT2D eigenvalue weighted by Gasteiger charge is -2.05. The molecule has 6 heterocycles. The van der Waals surface area contributed by atoms with Crippen LogP contribution in [0, 0.1) is 27.7 Å². The number of furan rings is 1. The Bertz CT molecular complexity index is 2030. The molecule has 1 unspecified atom stereocenters. The van der Waals surface area contributed by atoms with Crippen molar-refractivity contribution in [3.05, 3.63) is 108 Å². The summed E-state index contributed by atoms with van der Waals surface area (Å²) in [5, 5.41) is 49.7. The summed E-state index contributed by atoms with van der Waals surface area (Å²) in [5.74, 6) is 2.26. The molecule has 0 spiro atoms. The molecule has 290 valence electrons. The van der Waals surface area contributed by atoms with Crippen molar-refractivity contribution >= 4 is 23.7 Å². The molecule has 55 heavy (non-hydrogen) atoms. The van der Waals surface area contributed by atoms with Gasteiger partial charge in [-0.15, -0.1) is 20.4 Å².